The van der Waals surface area contributed by atoms with E-state index in [0.717, 1.165) is 41.0 Å². The van der Waals surface area contributed by atoms with Crippen molar-refractivity contribution in [3.05, 3.63) is 65.2 Å². The summed E-state index contributed by atoms with van der Waals surface area (Å²) in [5.41, 5.74) is 5.18. The molecule has 3 aromatic rings. The van der Waals surface area contributed by atoms with E-state index in [1.54, 1.807) is 11.3 Å². The van der Waals surface area contributed by atoms with E-state index in [1.165, 1.54) is 24.1 Å². The molecule has 1 amide bonds. The lowest BCUT2D eigenvalue weighted by Crippen LogP contribution is -2.32. The average Bonchev–Trinajstić information content (AvgIpc) is 3.18. The van der Waals surface area contributed by atoms with Crippen molar-refractivity contribution in [3.8, 4) is 10.6 Å². The van der Waals surface area contributed by atoms with Crippen molar-refractivity contribution in [1.29, 1.82) is 0 Å². The summed E-state index contributed by atoms with van der Waals surface area (Å²) in [6.07, 6.45) is 2.78. The second-order valence-electron chi connectivity index (χ2n) is 7.95. The Hall–Kier alpha value is -2.66. The number of anilines is 2. The predicted molar refractivity (Wildman–Crippen MR) is 122 cm³/mol. The van der Waals surface area contributed by atoms with Crippen LogP contribution in [0, 0.1) is 12.8 Å². The van der Waals surface area contributed by atoms with Crippen molar-refractivity contribution >= 4 is 28.6 Å². The fourth-order valence-corrected chi connectivity index (χ4v) is 4.51. The maximum atomic E-state index is 12.4. The summed E-state index contributed by atoms with van der Waals surface area (Å²) in [4.78, 5) is 19.5. The van der Waals surface area contributed by atoms with Crippen LogP contribution in [0.15, 0.2) is 53.9 Å². The minimum atomic E-state index is -0.0364. The quantitative estimate of drug-likeness (QED) is 0.606. The van der Waals surface area contributed by atoms with Gasteiger partial charge in [0, 0.05) is 35.4 Å². The van der Waals surface area contributed by atoms with Gasteiger partial charge in [-0.2, -0.15) is 0 Å². The van der Waals surface area contributed by atoms with Crippen molar-refractivity contribution in [2.75, 3.05) is 23.3 Å². The molecule has 0 bridgehead atoms. The lowest BCUT2D eigenvalue weighted by molar-refractivity contribution is -0.115. The lowest BCUT2D eigenvalue weighted by atomic mass is 9.99. The van der Waals surface area contributed by atoms with Gasteiger partial charge in [0.1, 0.15) is 5.01 Å². The minimum absolute atomic E-state index is 0.0364. The molecule has 4 rings (SSSR count). The molecule has 2 aromatic carbocycles. The van der Waals surface area contributed by atoms with Gasteiger partial charge in [-0.1, -0.05) is 30.7 Å². The second kappa shape index (κ2) is 8.78. The third-order valence-electron chi connectivity index (χ3n) is 5.46. The Kier molecular flexibility index (Phi) is 5.95. The van der Waals surface area contributed by atoms with Gasteiger partial charge in [-0.05, 0) is 56.0 Å². The highest BCUT2D eigenvalue weighted by molar-refractivity contribution is 7.13. The number of piperidine rings is 1. The summed E-state index contributed by atoms with van der Waals surface area (Å²) in [5, 5.41) is 5.92. The van der Waals surface area contributed by atoms with E-state index >= 15 is 0 Å². The summed E-state index contributed by atoms with van der Waals surface area (Å²) in [6, 6.07) is 16.5. The number of carbonyl (C=O) groups is 1. The number of nitrogens with zero attached hydrogens (tertiary/aromatic N) is 2. The highest BCUT2D eigenvalue weighted by Gasteiger charge is 2.16. The van der Waals surface area contributed by atoms with Crippen molar-refractivity contribution in [2.45, 2.75) is 33.1 Å². The maximum absolute atomic E-state index is 12.4. The van der Waals surface area contributed by atoms with Crippen molar-refractivity contribution < 1.29 is 4.79 Å². The summed E-state index contributed by atoms with van der Waals surface area (Å²) in [7, 11) is 0. The van der Waals surface area contributed by atoms with Gasteiger partial charge in [-0.3, -0.25) is 4.79 Å². The highest BCUT2D eigenvalue weighted by atomic mass is 32.1. The molecular weight excluding hydrogens is 378 g/mol. The van der Waals surface area contributed by atoms with Crippen LogP contribution < -0.4 is 10.2 Å². The number of hydrogen-bond acceptors (Lipinski definition) is 4. The van der Waals surface area contributed by atoms with Crippen LogP contribution in [0.3, 0.4) is 0 Å². The summed E-state index contributed by atoms with van der Waals surface area (Å²) >= 11 is 1.58. The van der Waals surface area contributed by atoms with Gasteiger partial charge in [0.25, 0.3) is 0 Å². The maximum Gasteiger partial charge on any atom is 0.230 e. The SMILES string of the molecule is Cc1cccc(-c2nc(CC(=O)Nc3ccc(N4CCC(C)CC4)cc3)cs2)c1. The summed E-state index contributed by atoms with van der Waals surface area (Å²) in [6.45, 7) is 6.62. The van der Waals surface area contributed by atoms with Crippen LogP contribution in [-0.4, -0.2) is 24.0 Å². The molecule has 1 saturated heterocycles. The summed E-state index contributed by atoms with van der Waals surface area (Å²) < 4.78 is 0. The van der Waals surface area contributed by atoms with Crippen LogP contribution >= 0.6 is 11.3 Å². The number of aromatic nitrogens is 1. The monoisotopic (exact) mass is 405 g/mol. The molecule has 1 aliphatic heterocycles. The molecule has 2 heterocycles. The molecule has 1 aromatic heterocycles. The number of rotatable bonds is 5. The van der Waals surface area contributed by atoms with E-state index in [0.29, 0.717) is 0 Å². The molecule has 150 valence electrons. The Bertz CT molecular complexity index is 972. The van der Waals surface area contributed by atoms with E-state index in [1.807, 2.05) is 23.6 Å². The van der Waals surface area contributed by atoms with Gasteiger partial charge in [0.15, 0.2) is 0 Å². The molecular formula is C24H27N3OS. The molecule has 0 saturated carbocycles. The molecule has 0 unspecified atom stereocenters. The van der Waals surface area contributed by atoms with Crippen LogP contribution in [0.1, 0.15) is 31.0 Å². The van der Waals surface area contributed by atoms with Gasteiger partial charge in [0.2, 0.25) is 5.91 Å². The van der Waals surface area contributed by atoms with Crippen LogP contribution in [0.5, 0.6) is 0 Å². The Balaban J connectivity index is 1.34. The van der Waals surface area contributed by atoms with Crippen LogP contribution in [0.25, 0.3) is 10.6 Å². The van der Waals surface area contributed by atoms with Gasteiger partial charge in [0.05, 0.1) is 12.1 Å². The van der Waals surface area contributed by atoms with Crippen LogP contribution in [0.4, 0.5) is 11.4 Å². The second-order valence-corrected chi connectivity index (χ2v) is 8.81. The zero-order chi connectivity index (χ0) is 20.2. The number of hydrogen-bond donors (Lipinski definition) is 1. The van der Waals surface area contributed by atoms with Crippen molar-refractivity contribution in [3.63, 3.8) is 0 Å². The average molecular weight is 406 g/mol. The third kappa shape index (κ3) is 5.04. The van der Waals surface area contributed by atoms with E-state index in [2.05, 4.69) is 59.4 Å². The highest BCUT2D eigenvalue weighted by Crippen LogP contribution is 2.26. The fraction of sp³-hybridized carbons (Fsp3) is 0.333. The molecule has 0 radical (unpaired) electrons. The van der Waals surface area contributed by atoms with Gasteiger partial charge >= 0.3 is 0 Å². The molecule has 29 heavy (non-hydrogen) atoms. The topological polar surface area (TPSA) is 45.2 Å². The smallest absolute Gasteiger partial charge is 0.230 e. The van der Waals surface area contributed by atoms with E-state index in [9.17, 15) is 4.79 Å². The van der Waals surface area contributed by atoms with Gasteiger partial charge in [-0.25, -0.2) is 4.98 Å². The molecule has 0 atom stereocenters. The Morgan fingerprint density at radius 3 is 2.66 bits per heavy atom. The van der Waals surface area contributed by atoms with E-state index < -0.39 is 0 Å². The molecule has 0 spiro atoms. The van der Waals surface area contributed by atoms with Crippen molar-refractivity contribution in [2.24, 2.45) is 5.92 Å². The number of aryl methyl sites for hydroxylation is 1. The zero-order valence-corrected chi connectivity index (χ0v) is 17.8. The van der Waals surface area contributed by atoms with E-state index in [4.69, 9.17) is 0 Å². The summed E-state index contributed by atoms with van der Waals surface area (Å²) in [5.74, 6) is 0.785. The first kappa shape index (κ1) is 19.6. The Labute approximate surface area is 176 Å². The normalized spacial score (nSPS) is 14.8. The van der Waals surface area contributed by atoms with Crippen LogP contribution in [-0.2, 0) is 11.2 Å². The molecule has 0 aliphatic carbocycles. The Morgan fingerprint density at radius 1 is 1.17 bits per heavy atom. The largest absolute Gasteiger partial charge is 0.372 e. The Morgan fingerprint density at radius 2 is 1.93 bits per heavy atom. The standard InChI is InChI=1S/C24H27N3OS/c1-17-10-12-27(13-11-17)22-8-6-20(7-9-22)25-23(28)15-21-16-29-24(26-21)19-5-3-4-18(2)14-19/h3-9,14,16-17H,10-13,15H2,1-2H3,(H,25,28). The minimum Gasteiger partial charge on any atom is -0.372 e. The first-order chi connectivity index (χ1) is 14.1. The van der Waals surface area contributed by atoms with Gasteiger partial charge in [-0.15, -0.1) is 11.3 Å². The lowest BCUT2D eigenvalue weighted by Gasteiger charge is -2.32. The molecule has 4 nitrogen and oxygen atoms in total. The molecule has 5 heteroatoms. The number of amides is 1. The van der Waals surface area contributed by atoms with Gasteiger partial charge < -0.3 is 10.2 Å². The number of thiazole rings is 1. The fourth-order valence-electron chi connectivity index (χ4n) is 3.69. The molecule has 1 N–H and O–H groups in total. The molecule has 1 aliphatic rings. The predicted octanol–water partition coefficient (Wildman–Crippen LogP) is 5.54. The number of nitrogens with one attached hydrogen (secondary N) is 1. The number of benzene rings is 2. The van der Waals surface area contributed by atoms with Crippen LogP contribution in [0.2, 0.25) is 0 Å². The van der Waals surface area contributed by atoms with Crippen molar-refractivity contribution in [1.82, 2.24) is 4.98 Å². The number of carbonyl (C=O) groups excluding carboxylic acids is 1. The zero-order valence-electron chi connectivity index (χ0n) is 17.0. The first-order valence-electron chi connectivity index (χ1n) is 10.2. The first-order valence-corrected chi connectivity index (χ1v) is 11.1. The third-order valence-corrected chi connectivity index (χ3v) is 6.40. The molecule has 1 fully saturated rings. The van der Waals surface area contributed by atoms with E-state index in [-0.39, 0.29) is 12.3 Å².